The molecule has 0 unspecified atom stereocenters. The third-order valence-electron chi connectivity index (χ3n) is 7.80. The molecule has 6 nitrogen and oxygen atoms in total. The Morgan fingerprint density at radius 3 is 2.08 bits per heavy atom. The Morgan fingerprint density at radius 1 is 0.872 bits per heavy atom. The molecular weight excluding hydrogens is 486 g/mol. The molecule has 0 saturated carbocycles. The number of rotatable bonds is 7. The van der Waals surface area contributed by atoms with E-state index in [-0.39, 0.29) is 29.9 Å². The van der Waals surface area contributed by atoms with Gasteiger partial charge in [-0.1, -0.05) is 87.5 Å². The molecule has 0 radical (unpaired) electrons. The smallest absolute Gasteiger partial charge is 0.265 e. The van der Waals surface area contributed by atoms with Crippen molar-refractivity contribution in [3.05, 3.63) is 95.6 Å². The zero-order valence-corrected chi connectivity index (χ0v) is 23.3. The number of hydrogen-bond donors (Lipinski definition) is 0. The zero-order chi connectivity index (χ0) is 27.4. The number of piperazine rings is 1. The van der Waals surface area contributed by atoms with Crippen LogP contribution in [0.3, 0.4) is 0 Å². The Hall–Kier alpha value is -3.64. The highest BCUT2D eigenvalue weighted by atomic mass is 16.5. The molecule has 2 amide bonds. The summed E-state index contributed by atoms with van der Waals surface area (Å²) < 4.78 is 5.68. The number of carbonyl (C=O) groups excluding carboxylic acids is 2. The highest BCUT2D eigenvalue weighted by molar-refractivity contribution is 5.98. The van der Waals surface area contributed by atoms with E-state index in [0.29, 0.717) is 32.5 Å². The minimum atomic E-state index is -0.0533. The number of hydrogen-bond acceptors (Lipinski definition) is 4. The van der Waals surface area contributed by atoms with Crippen molar-refractivity contribution in [2.75, 3.05) is 44.2 Å². The first kappa shape index (κ1) is 26.9. The standard InChI is InChI=1S/C33H39N3O3/c1-33(2,3)27-16-17-29-28(23-27)36(31(38)24-39-29)18-10-15-30(37)34-19-21-35(22-20-34)32(25-11-6-4-7-12-25)26-13-8-5-9-14-26/h4-9,11-14,16-17,23,32H,10,15,18-22,24H2,1-3H3. The van der Waals surface area contributed by atoms with Gasteiger partial charge in [0.25, 0.3) is 5.91 Å². The molecule has 0 spiro atoms. The van der Waals surface area contributed by atoms with Gasteiger partial charge in [-0.05, 0) is 40.7 Å². The maximum atomic E-state index is 13.1. The molecule has 2 heterocycles. The molecule has 1 saturated heterocycles. The predicted octanol–water partition coefficient (Wildman–Crippen LogP) is 5.42. The second-order valence-corrected chi connectivity index (χ2v) is 11.5. The minimum Gasteiger partial charge on any atom is -0.482 e. The fourth-order valence-electron chi connectivity index (χ4n) is 5.57. The van der Waals surface area contributed by atoms with Crippen LogP contribution >= 0.6 is 0 Å². The quantitative estimate of drug-likeness (QED) is 0.413. The lowest BCUT2D eigenvalue weighted by molar-refractivity contribution is -0.133. The van der Waals surface area contributed by atoms with Crippen molar-refractivity contribution in [2.24, 2.45) is 0 Å². The first-order valence-electron chi connectivity index (χ1n) is 14.0. The van der Waals surface area contributed by atoms with Gasteiger partial charge in [0, 0.05) is 39.1 Å². The second-order valence-electron chi connectivity index (χ2n) is 11.5. The highest BCUT2D eigenvalue weighted by Crippen LogP contribution is 2.36. The van der Waals surface area contributed by atoms with E-state index in [1.807, 2.05) is 11.0 Å². The molecule has 0 aliphatic carbocycles. The molecule has 39 heavy (non-hydrogen) atoms. The summed E-state index contributed by atoms with van der Waals surface area (Å²) >= 11 is 0. The van der Waals surface area contributed by atoms with Gasteiger partial charge in [-0.25, -0.2) is 0 Å². The summed E-state index contributed by atoms with van der Waals surface area (Å²) in [5.41, 5.74) is 4.48. The van der Waals surface area contributed by atoms with E-state index in [0.717, 1.165) is 30.1 Å². The summed E-state index contributed by atoms with van der Waals surface area (Å²) in [6.07, 6.45) is 1.06. The lowest BCUT2D eigenvalue weighted by Gasteiger charge is -2.40. The van der Waals surface area contributed by atoms with Gasteiger partial charge in [-0.15, -0.1) is 0 Å². The molecule has 2 aliphatic heterocycles. The molecule has 1 fully saturated rings. The Bertz CT molecular complexity index is 1240. The molecule has 0 atom stereocenters. The monoisotopic (exact) mass is 525 g/mol. The number of fused-ring (bicyclic) bond motifs is 1. The van der Waals surface area contributed by atoms with Crippen LogP contribution in [-0.2, 0) is 15.0 Å². The van der Waals surface area contributed by atoms with Crippen LogP contribution in [0.1, 0.15) is 56.3 Å². The summed E-state index contributed by atoms with van der Waals surface area (Å²) in [4.78, 5) is 32.1. The molecule has 6 heteroatoms. The van der Waals surface area contributed by atoms with Crippen LogP contribution in [0.25, 0.3) is 0 Å². The van der Waals surface area contributed by atoms with Gasteiger partial charge in [0.2, 0.25) is 5.91 Å². The third kappa shape index (κ3) is 6.17. The van der Waals surface area contributed by atoms with E-state index in [9.17, 15) is 9.59 Å². The van der Waals surface area contributed by atoms with E-state index >= 15 is 0 Å². The lowest BCUT2D eigenvalue weighted by atomic mass is 9.86. The molecule has 0 bridgehead atoms. The maximum absolute atomic E-state index is 13.1. The van der Waals surface area contributed by atoms with E-state index < -0.39 is 0 Å². The van der Waals surface area contributed by atoms with Gasteiger partial charge < -0.3 is 14.5 Å². The van der Waals surface area contributed by atoms with Crippen LogP contribution in [-0.4, -0.2) is 60.9 Å². The highest BCUT2D eigenvalue weighted by Gasteiger charge is 2.30. The average molecular weight is 526 g/mol. The first-order valence-corrected chi connectivity index (χ1v) is 14.0. The number of amides is 2. The van der Waals surface area contributed by atoms with Crippen molar-refractivity contribution in [2.45, 2.75) is 45.1 Å². The van der Waals surface area contributed by atoms with Crippen molar-refractivity contribution in [1.29, 1.82) is 0 Å². The Balaban J connectivity index is 1.18. The van der Waals surface area contributed by atoms with Crippen LogP contribution in [0, 0.1) is 0 Å². The Morgan fingerprint density at radius 2 is 1.49 bits per heavy atom. The van der Waals surface area contributed by atoms with E-state index in [1.54, 1.807) is 4.90 Å². The van der Waals surface area contributed by atoms with Gasteiger partial charge >= 0.3 is 0 Å². The lowest BCUT2D eigenvalue weighted by Crippen LogP contribution is -2.50. The topological polar surface area (TPSA) is 53.1 Å². The van der Waals surface area contributed by atoms with Gasteiger partial charge in [-0.2, -0.15) is 0 Å². The van der Waals surface area contributed by atoms with Crippen molar-refractivity contribution in [1.82, 2.24) is 9.80 Å². The maximum Gasteiger partial charge on any atom is 0.265 e. The van der Waals surface area contributed by atoms with Crippen LogP contribution < -0.4 is 9.64 Å². The molecule has 0 N–H and O–H groups in total. The minimum absolute atomic E-state index is 0.0284. The largest absolute Gasteiger partial charge is 0.482 e. The van der Waals surface area contributed by atoms with Gasteiger partial charge in [0.05, 0.1) is 11.7 Å². The summed E-state index contributed by atoms with van der Waals surface area (Å²) in [6, 6.07) is 27.5. The van der Waals surface area contributed by atoms with Crippen molar-refractivity contribution in [3.63, 3.8) is 0 Å². The zero-order valence-electron chi connectivity index (χ0n) is 23.3. The average Bonchev–Trinajstić information content (AvgIpc) is 2.95. The van der Waals surface area contributed by atoms with Crippen molar-refractivity contribution >= 4 is 17.5 Å². The van der Waals surface area contributed by atoms with Gasteiger partial charge in [0.1, 0.15) is 5.75 Å². The van der Waals surface area contributed by atoms with E-state index in [2.05, 4.69) is 98.5 Å². The molecular formula is C33H39N3O3. The third-order valence-corrected chi connectivity index (χ3v) is 7.80. The van der Waals surface area contributed by atoms with E-state index in [1.165, 1.54) is 11.1 Å². The summed E-state index contributed by atoms with van der Waals surface area (Å²) in [5.74, 6) is 0.842. The van der Waals surface area contributed by atoms with Crippen molar-refractivity contribution in [3.8, 4) is 5.75 Å². The predicted molar refractivity (Wildman–Crippen MR) is 155 cm³/mol. The normalized spacial score (nSPS) is 16.3. The van der Waals surface area contributed by atoms with E-state index in [4.69, 9.17) is 4.74 Å². The fraction of sp³-hybridized carbons (Fsp3) is 0.394. The first-order chi connectivity index (χ1) is 18.8. The summed E-state index contributed by atoms with van der Waals surface area (Å²) in [5, 5.41) is 0. The van der Waals surface area contributed by atoms with Gasteiger partial charge in [-0.3, -0.25) is 14.5 Å². The molecule has 0 aromatic heterocycles. The summed E-state index contributed by atoms with van der Waals surface area (Å²) in [7, 11) is 0. The number of nitrogens with zero attached hydrogens (tertiary/aromatic N) is 3. The Labute approximate surface area is 232 Å². The SMILES string of the molecule is CC(C)(C)c1ccc2c(c1)N(CCCC(=O)N1CCN(C(c3ccccc3)c3ccccc3)CC1)C(=O)CO2. The molecule has 3 aromatic rings. The van der Waals surface area contributed by atoms with Crippen LogP contribution in [0.4, 0.5) is 5.69 Å². The molecule has 2 aliphatic rings. The van der Waals surface area contributed by atoms with Crippen LogP contribution in [0.2, 0.25) is 0 Å². The molecule has 5 rings (SSSR count). The molecule has 204 valence electrons. The number of benzene rings is 3. The van der Waals surface area contributed by atoms with Crippen LogP contribution in [0.15, 0.2) is 78.9 Å². The molecule has 3 aromatic carbocycles. The Kier molecular flexibility index (Phi) is 8.03. The van der Waals surface area contributed by atoms with Crippen molar-refractivity contribution < 1.29 is 14.3 Å². The van der Waals surface area contributed by atoms with Crippen LogP contribution in [0.5, 0.6) is 5.75 Å². The van der Waals surface area contributed by atoms with Gasteiger partial charge in [0.15, 0.2) is 6.61 Å². The number of ether oxygens (including phenoxy) is 1. The number of anilines is 1. The second kappa shape index (κ2) is 11.6. The number of carbonyl (C=O) groups is 2. The summed E-state index contributed by atoms with van der Waals surface area (Å²) in [6.45, 7) is 10.1. The fourth-order valence-corrected chi connectivity index (χ4v) is 5.57.